The molecule has 2 aromatic carbocycles. The third-order valence-electron chi connectivity index (χ3n) is 4.29. The number of hydrogen-bond donors (Lipinski definition) is 3. The number of nitrogens with zero attached hydrogens (tertiary/aromatic N) is 1. The minimum atomic E-state index is -3.75. The zero-order chi connectivity index (χ0) is 20.0. The molecule has 6 nitrogen and oxygen atoms in total. The van der Waals surface area contributed by atoms with Crippen LogP contribution in [0.15, 0.2) is 59.5 Å². The summed E-state index contributed by atoms with van der Waals surface area (Å²) in [6.45, 7) is 4.10. The Hall–Kier alpha value is -1.35. The molecule has 0 aliphatic rings. The van der Waals surface area contributed by atoms with Crippen molar-refractivity contribution >= 4 is 40.5 Å². The van der Waals surface area contributed by atoms with Crippen LogP contribution in [0, 0.1) is 5.92 Å². The second kappa shape index (κ2) is 12.4. The summed E-state index contributed by atoms with van der Waals surface area (Å²) >= 11 is 0. The number of hydrogen-bond acceptors (Lipinski definition) is 5. The van der Waals surface area contributed by atoms with E-state index in [0.29, 0.717) is 18.7 Å². The minimum absolute atomic E-state index is 0. The Kier molecular flexibility index (Phi) is 11.8. The van der Waals surface area contributed by atoms with Crippen LogP contribution in [0.3, 0.4) is 0 Å². The summed E-state index contributed by atoms with van der Waals surface area (Å²) < 4.78 is 27.4. The molecule has 0 unspecified atom stereocenters. The Bertz CT molecular complexity index is 819. The largest absolute Gasteiger partial charge is 0.399 e. The van der Waals surface area contributed by atoms with E-state index in [9.17, 15) is 13.5 Å². The highest BCUT2D eigenvalue weighted by Crippen LogP contribution is 2.19. The number of anilines is 1. The molecule has 29 heavy (non-hydrogen) atoms. The zero-order valence-corrected chi connectivity index (χ0v) is 19.1. The van der Waals surface area contributed by atoms with Crippen molar-refractivity contribution in [3.63, 3.8) is 0 Å². The van der Waals surface area contributed by atoms with Crippen molar-refractivity contribution in [1.82, 2.24) is 4.31 Å². The van der Waals surface area contributed by atoms with E-state index in [-0.39, 0.29) is 42.2 Å². The van der Waals surface area contributed by atoms with Crippen molar-refractivity contribution in [3.05, 3.63) is 60.2 Å². The molecule has 5 N–H and O–H groups in total. The fourth-order valence-corrected chi connectivity index (χ4v) is 4.45. The van der Waals surface area contributed by atoms with Crippen molar-refractivity contribution in [3.8, 4) is 0 Å². The van der Waals surface area contributed by atoms with Crippen LogP contribution in [-0.2, 0) is 16.4 Å². The number of nitrogens with two attached hydrogens (primary N) is 2. The Morgan fingerprint density at radius 3 is 2.03 bits per heavy atom. The van der Waals surface area contributed by atoms with Gasteiger partial charge in [-0.15, -0.1) is 24.8 Å². The summed E-state index contributed by atoms with van der Waals surface area (Å²) in [6, 6.07) is 15.1. The lowest BCUT2D eigenvalue weighted by Crippen LogP contribution is -2.47. The molecule has 0 aromatic heterocycles. The van der Waals surface area contributed by atoms with Gasteiger partial charge in [0.2, 0.25) is 10.0 Å². The fourth-order valence-electron chi connectivity index (χ4n) is 2.83. The van der Waals surface area contributed by atoms with Gasteiger partial charge >= 0.3 is 0 Å². The topological polar surface area (TPSA) is 110 Å². The van der Waals surface area contributed by atoms with E-state index in [4.69, 9.17) is 11.5 Å². The third kappa shape index (κ3) is 8.12. The summed E-state index contributed by atoms with van der Waals surface area (Å²) in [6.07, 6.45) is -0.507. The highest BCUT2D eigenvalue weighted by atomic mass is 35.5. The van der Waals surface area contributed by atoms with Crippen LogP contribution >= 0.6 is 24.8 Å². The smallest absolute Gasteiger partial charge is 0.243 e. The maximum atomic E-state index is 13.0. The van der Waals surface area contributed by atoms with Crippen molar-refractivity contribution < 1.29 is 13.5 Å². The number of nitrogen functional groups attached to an aromatic ring is 1. The first-order valence-electron chi connectivity index (χ1n) is 9.03. The number of benzene rings is 2. The van der Waals surface area contributed by atoms with E-state index < -0.39 is 22.2 Å². The van der Waals surface area contributed by atoms with Crippen molar-refractivity contribution in [2.45, 2.75) is 37.3 Å². The standard InChI is InChI=1S/C20H29N3O3S.2ClH/c1-15(2)13-23(27(25,26)18-10-8-17(21)9-11-18)14-20(24)19(22)12-16-6-4-3-5-7-16;;/h3-11,15,19-20,24H,12-14,21-22H2,1-2H3;2*1H/t19-,20-;;/m0../s1. The van der Waals surface area contributed by atoms with Crippen LogP contribution in [0.25, 0.3) is 0 Å². The van der Waals surface area contributed by atoms with E-state index in [2.05, 4.69) is 0 Å². The average Bonchev–Trinajstić information content (AvgIpc) is 2.62. The number of rotatable bonds is 9. The maximum Gasteiger partial charge on any atom is 0.243 e. The van der Waals surface area contributed by atoms with Gasteiger partial charge in [0.15, 0.2) is 0 Å². The molecule has 164 valence electrons. The Morgan fingerprint density at radius 1 is 0.966 bits per heavy atom. The lowest BCUT2D eigenvalue weighted by molar-refractivity contribution is 0.116. The van der Waals surface area contributed by atoms with E-state index in [1.54, 1.807) is 12.1 Å². The van der Waals surface area contributed by atoms with Gasteiger partial charge in [-0.2, -0.15) is 4.31 Å². The SMILES string of the molecule is CC(C)CN(C[C@H](O)[C@@H](N)Cc1ccccc1)S(=O)(=O)c1ccc(N)cc1.Cl.Cl. The molecule has 0 amide bonds. The van der Waals surface area contributed by atoms with Crippen LogP contribution in [0.4, 0.5) is 5.69 Å². The summed E-state index contributed by atoms with van der Waals surface area (Å²) in [4.78, 5) is 0.154. The quantitative estimate of drug-likeness (QED) is 0.495. The second-order valence-electron chi connectivity index (χ2n) is 7.21. The molecule has 0 bridgehead atoms. The molecule has 2 rings (SSSR count). The first-order chi connectivity index (χ1) is 12.7. The predicted molar refractivity (Wildman–Crippen MR) is 123 cm³/mol. The van der Waals surface area contributed by atoms with Gasteiger partial charge in [0, 0.05) is 24.8 Å². The Morgan fingerprint density at radius 2 is 1.52 bits per heavy atom. The number of halogens is 2. The van der Waals surface area contributed by atoms with Gasteiger partial charge in [-0.25, -0.2) is 8.42 Å². The van der Waals surface area contributed by atoms with Crippen molar-refractivity contribution in [1.29, 1.82) is 0 Å². The van der Waals surface area contributed by atoms with Crippen LogP contribution in [0.1, 0.15) is 19.4 Å². The molecule has 0 saturated carbocycles. The highest BCUT2D eigenvalue weighted by Gasteiger charge is 2.29. The molecule has 0 aliphatic heterocycles. The van der Waals surface area contributed by atoms with E-state index in [1.165, 1.54) is 16.4 Å². The second-order valence-corrected chi connectivity index (χ2v) is 9.14. The van der Waals surface area contributed by atoms with E-state index in [1.807, 2.05) is 44.2 Å². The molecule has 2 aromatic rings. The lowest BCUT2D eigenvalue weighted by Gasteiger charge is -2.28. The number of aliphatic hydroxyl groups is 1. The molecule has 0 radical (unpaired) electrons. The van der Waals surface area contributed by atoms with Crippen LogP contribution in [0.2, 0.25) is 0 Å². The molecule has 9 heteroatoms. The maximum absolute atomic E-state index is 13.0. The molecular weight excluding hydrogens is 433 g/mol. The summed E-state index contributed by atoms with van der Waals surface area (Å²) in [5.74, 6) is 0.103. The molecule has 0 aliphatic carbocycles. The Balaban J connectivity index is 0.00000392. The normalized spacial score (nSPS) is 13.4. The van der Waals surface area contributed by atoms with Crippen LogP contribution in [0.5, 0.6) is 0 Å². The third-order valence-corrected chi connectivity index (χ3v) is 6.13. The van der Waals surface area contributed by atoms with Crippen LogP contribution in [-0.4, -0.2) is 43.1 Å². The van der Waals surface area contributed by atoms with Gasteiger partial charge in [-0.3, -0.25) is 0 Å². The van der Waals surface area contributed by atoms with Gasteiger partial charge in [0.25, 0.3) is 0 Å². The minimum Gasteiger partial charge on any atom is -0.399 e. The van der Waals surface area contributed by atoms with Crippen molar-refractivity contribution in [2.75, 3.05) is 18.8 Å². The Labute approximate surface area is 186 Å². The lowest BCUT2D eigenvalue weighted by atomic mass is 10.0. The van der Waals surface area contributed by atoms with Crippen molar-refractivity contribution in [2.24, 2.45) is 11.7 Å². The number of aliphatic hydroxyl groups excluding tert-OH is 1. The fraction of sp³-hybridized carbons (Fsp3) is 0.400. The summed E-state index contributed by atoms with van der Waals surface area (Å²) in [7, 11) is -3.75. The molecule has 0 heterocycles. The summed E-state index contributed by atoms with van der Waals surface area (Å²) in [5.41, 5.74) is 13.3. The molecular formula is C20H31Cl2N3O3S. The van der Waals surface area contributed by atoms with E-state index in [0.717, 1.165) is 5.56 Å². The predicted octanol–water partition coefficient (Wildman–Crippen LogP) is 2.69. The summed E-state index contributed by atoms with van der Waals surface area (Å²) in [5, 5.41) is 10.6. The molecule has 0 fully saturated rings. The van der Waals surface area contributed by atoms with E-state index >= 15 is 0 Å². The molecule has 0 spiro atoms. The van der Waals surface area contributed by atoms with Gasteiger partial charge < -0.3 is 16.6 Å². The highest BCUT2D eigenvalue weighted by molar-refractivity contribution is 7.89. The van der Waals surface area contributed by atoms with Gasteiger partial charge in [0.05, 0.1) is 11.0 Å². The first kappa shape index (κ1) is 27.6. The number of sulfonamides is 1. The van der Waals surface area contributed by atoms with Gasteiger partial charge in [0.1, 0.15) is 0 Å². The molecule has 0 saturated heterocycles. The van der Waals surface area contributed by atoms with Crippen LogP contribution < -0.4 is 11.5 Å². The average molecular weight is 464 g/mol. The van der Waals surface area contributed by atoms with Gasteiger partial charge in [-0.1, -0.05) is 44.2 Å². The first-order valence-corrected chi connectivity index (χ1v) is 10.5. The molecule has 2 atom stereocenters. The monoisotopic (exact) mass is 463 g/mol. The zero-order valence-electron chi connectivity index (χ0n) is 16.6. The van der Waals surface area contributed by atoms with Gasteiger partial charge in [-0.05, 0) is 42.2 Å².